The van der Waals surface area contributed by atoms with Crippen LogP contribution in [0.4, 0.5) is 17.6 Å². The molecule has 0 saturated heterocycles. The van der Waals surface area contributed by atoms with Crippen LogP contribution in [0, 0.1) is 29.6 Å². The second-order valence-corrected chi connectivity index (χ2v) is 8.82. The Morgan fingerprint density at radius 1 is 0.741 bits per heavy atom. The Kier molecular flexibility index (Phi) is 10.0. The molecule has 3 aliphatic carbocycles. The van der Waals surface area contributed by atoms with Crippen molar-refractivity contribution >= 4 is 0 Å². The van der Waals surface area contributed by atoms with Crippen LogP contribution in [0.5, 0.6) is 0 Å². The van der Waals surface area contributed by atoms with E-state index in [0.717, 1.165) is 30.6 Å². The molecule has 2 nitrogen and oxygen atoms in total. The van der Waals surface area contributed by atoms with Crippen molar-refractivity contribution in [1.29, 1.82) is 0 Å². The smallest absolute Gasteiger partial charge is 0.345 e. The van der Waals surface area contributed by atoms with Crippen molar-refractivity contribution in [3.63, 3.8) is 0 Å². The van der Waals surface area contributed by atoms with Gasteiger partial charge in [0.1, 0.15) is 18.4 Å². The van der Waals surface area contributed by atoms with Crippen LogP contribution in [0.1, 0.15) is 81.4 Å². The van der Waals surface area contributed by atoms with Crippen molar-refractivity contribution in [3.05, 3.63) is 0 Å². The quantitative estimate of drug-likeness (QED) is 0.487. The molecule has 0 heterocycles. The lowest BCUT2D eigenvalue weighted by atomic mass is 9.65. The normalized spacial score (nSPS) is 42.9. The highest BCUT2D eigenvalue weighted by Gasteiger charge is 2.44. The molecular weight excluding hydrogens is 360 g/mol. The van der Waals surface area contributed by atoms with Gasteiger partial charge < -0.3 is 10.2 Å². The number of hydrogen-bond acceptors (Lipinski definition) is 1. The lowest BCUT2D eigenvalue weighted by molar-refractivity contribution is -0.208. The third-order valence-corrected chi connectivity index (χ3v) is 7.24. The first-order valence-electron chi connectivity index (χ1n) is 10.2. The Morgan fingerprint density at radius 3 is 1.52 bits per heavy atom. The molecule has 3 aliphatic rings. The Morgan fingerprint density at radius 2 is 1.11 bits per heavy atom. The van der Waals surface area contributed by atoms with Gasteiger partial charge in [0.25, 0.3) is 0 Å². The predicted molar refractivity (Wildman–Crippen MR) is 105 cm³/mol. The molecule has 166 valence electrons. The Balaban J connectivity index is 0. The van der Waals surface area contributed by atoms with E-state index in [9.17, 15) is 17.6 Å². The van der Waals surface area contributed by atoms with Crippen molar-refractivity contribution < 1.29 is 30.6 Å². The highest BCUT2D eigenvalue weighted by atomic mass is 19.3. The van der Waals surface area contributed by atoms with Crippen molar-refractivity contribution in [2.75, 3.05) is 0 Å². The minimum atomic E-state index is -3.10. The Hall–Kier alpha value is -0.360. The molecule has 2 unspecified atom stereocenters. The number of hydrogen-bond donors (Lipinski definition) is 0. The topological polar surface area (TPSA) is 40.7 Å². The van der Waals surface area contributed by atoms with Crippen molar-refractivity contribution in [2.24, 2.45) is 29.6 Å². The number of alkyl halides is 4. The first-order valence-corrected chi connectivity index (χ1v) is 10.2. The highest BCUT2D eigenvalue weighted by molar-refractivity contribution is 4.92. The molecule has 3 saturated carbocycles. The standard InChI is InChI=1S/C20H32F4O.CH4.H2O.2H2/c1-12-2-4-13(5-3-12)14-6-8-15(9-7-14)16-10-17(21)19(18(22)11-16)25-20(23)24;;;;/h12-20H,2-11H2,1H3;1H4;1H2;2*1H. The monoisotopic (exact) mass is 402 g/mol. The third-order valence-electron chi connectivity index (χ3n) is 7.24. The van der Waals surface area contributed by atoms with E-state index in [1.165, 1.54) is 38.5 Å². The fourth-order valence-corrected chi connectivity index (χ4v) is 5.69. The molecule has 0 aromatic carbocycles. The maximum absolute atomic E-state index is 14.2. The van der Waals surface area contributed by atoms with Crippen LogP contribution in [0.3, 0.4) is 0 Å². The number of rotatable bonds is 4. The zero-order chi connectivity index (χ0) is 18.0. The summed E-state index contributed by atoms with van der Waals surface area (Å²) in [5.41, 5.74) is 0. The predicted octanol–water partition coefficient (Wildman–Crippen LogP) is 6.62. The molecule has 3 rings (SSSR count). The summed E-state index contributed by atoms with van der Waals surface area (Å²) in [4.78, 5) is 0. The molecule has 0 aromatic heterocycles. The maximum Gasteiger partial charge on any atom is 0.345 e. The van der Waals surface area contributed by atoms with E-state index in [2.05, 4.69) is 11.7 Å². The van der Waals surface area contributed by atoms with Gasteiger partial charge in [0, 0.05) is 2.85 Å². The van der Waals surface area contributed by atoms with E-state index >= 15 is 0 Å². The van der Waals surface area contributed by atoms with Crippen molar-refractivity contribution in [1.82, 2.24) is 0 Å². The fraction of sp³-hybridized carbons (Fsp3) is 1.00. The average molecular weight is 403 g/mol. The molecule has 0 amide bonds. The summed E-state index contributed by atoms with van der Waals surface area (Å²) < 4.78 is 57.1. The molecular formula is C21H42F4O2. The van der Waals surface area contributed by atoms with Gasteiger partial charge in [-0.15, -0.1) is 0 Å². The summed E-state index contributed by atoms with van der Waals surface area (Å²) >= 11 is 0. The van der Waals surface area contributed by atoms with Crippen LogP contribution < -0.4 is 0 Å². The first kappa shape index (κ1) is 24.7. The Bertz CT molecular complexity index is 405. The molecule has 0 aliphatic heterocycles. The van der Waals surface area contributed by atoms with Gasteiger partial charge in [-0.1, -0.05) is 27.2 Å². The second kappa shape index (κ2) is 11.0. The van der Waals surface area contributed by atoms with Crippen molar-refractivity contribution in [2.45, 2.75) is 104 Å². The van der Waals surface area contributed by atoms with Crippen LogP contribution in [0.15, 0.2) is 0 Å². The summed E-state index contributed by atoms with van der Waals surface area (Å²) in [6.07, 6.45) is 5.33. The summed E-state index contributed by atoms with van der Waals surface area (Å²) in [5.74, 6) is 2.82. The van der Waals surface area contributed by atoms with E-state index < -0.39 is 25.1 Å². The number of halogens is 4. The molecule has 0 aromatic rings. The second-order valence-electron chi connectivity index (χ2n) is 8.82. The average Bonchev–Trinajstić information content (AvgIpc) is 2.59. The van der Waals surface area contributed by atoms with Gasteiger partial charge in [0.15, 0.2) is 0 Å². The maximum atomic E-state index is 14.2. The summed E-state index contributed by atoms with van der Waals surface area (Å²) in [6, 6.07) is 0. The lowest BCUT2D eigenvalue weighted by Crippen LogP contribution is -2.45. The molecule has 3 fully saturated rings. The van der Waals surface area contributed by atoms with E-state index in [1.807, 2.05) is 0 Å². The Labute approximate surface area is 164 Å². The summed E-state index contributed by atoms with van der Waals surface area (Å²) in [7, 11) is 0. The van der Waals surface area contributed by atoms with Gasteiger partial charge in [0.2, 0.25) is 0 Å². The molecule has 6 heteroatoms. The number of ether oxygens (including phenoxy) is 1. The highest BCUT2D eigenvalue weighted by Crippen LogP contribution is 2.46. The molecule has 2 N–H and O–H groups in total. The van der Waals surface area contributed by atoms with Crippen molar-refractivity contribution in [3.8, 4) is 0 Å². The minimum Gasteiger partial charge on any atom is -0.412 e. The summed E-state index contributed by atoms with van der Waals surface area (Å²) in [5, 5.41) is 0. The molecule has 2 atom stereocenters. The van der Waals surface area contributed by atoms with Gasteiger partial charge in [-0.05, 0) is 81.0 Å². The van der Waals surface area contributed by atoms with E-state index in [-0.39, 0.29) is 34.5 Å². The van der Waals surface area contributed by atoms with E-state index in [4.69, 9.17) is 0 Å². The molecule has 0 bridgehead atoms. The third kappa shape index (κ3) is 6.31. The largest absolute Gasteiger partial charge is 0.412 e. The SMILES string of the molecule is C.CC1CCC(C2CCC(C3CC(F)C(OC(F)F)C(F)C3)CC2)CC1.O.[HH].[HH]. The van der Waals surface area contributed by atoms with E-state index in [1.54, 1.807) is 0 Å². The van der Waals surface area contributed by atoms with Crippen LogP contribution in [0.2, 0.25) is 0 Å². The van der Waals surface area contributed by atoms with Crippen LogP contribution in [-0.4, -0.2) is 30.5 Å². The van der Waals surface area contributed by atoms with Crippen LogP contribution in [-0.2, 0) is 4.74 Å². The lowest BCUT2D eigenvalue weighted by Gasteiger charge is -2.42. The molecule has 0 spiro atoms. The van der Waals surface area contributed by atoms with Crippen LogP contribution in [0.25, 0.3) is 0 Å². The van der Waals surface area contributed by atoms with Gasteiger partial charge in [-0.3, -0.25) is 0 Å². The first-order chi connectivity index (χ1) is 11.9. The van der Waals surface area contributed by atoms with Crippen LogP contribution >= 0.6 is 0 Å². The minimum absolute atomic E-state index is 0. The zero-order valence-electron chi connectivity index (χ0n) is 15.7. The van der Waals surface area contributed by atoms with Gasteiger partial charge in [-0.2, -0.15) is 8.78 Å². The van der Waals surface area contributed by atoms with E-state index in [0.29, 0.717) is 5.92 Å². The van der Waals surface area contributed by atoms with Gasteiger partial charge in [-0.25, -0.2) is 8.78 Å². The molecule has 0 radical (unpaired) electrons. The van der Waals surface area contributed by atoms with Gasteiger partial charge in [0.05, 0.1) is 0 Å². The zero-order valence-corrected chi connectivity index (χ0v) is 15.7. The summed E-state index contributed by atoms with van der Waals surface area (Å²) in [6.45, 7) is -0.770. The molecule has 27 heavy (non-hydrogen) atoms. The fourth-order valence-electron chi connectivity index (χ4n) is 5.69. The van der Waals surface area contributed by atoms with Gasteiger partial charge >= 0.3 is 6.61 Å².